The number of halogens is 3. The summed E-state index contributed by atoms with van der Waals surface area (Å²) in [5, 5.41) is 17.1. The maximum Gasteiger partial charge on any atom is 0.265 e. The molecule has 74 valence electrons. The van der Waals surface area contributed by atoms with Crippen LogP contribution in [0.1, 0.15) is 23.1 Å². The molecule has 1 aromatic heterocycles. The van der Waals surface area contributed by atoms with Crippen molar-refractivity contribution in [3.63, 3.8) is 0 Å². The molecule has 1 heterocycles. The lowest BCUT2D eigenvalue weighted by atomic mass is 10.1. The lowest BCUT2D eigenvalue weighted by molar-refractivity contribution is 0.145. The molecule has 6 heteroatoms. The Morgan fingerprint density at radius 2 is 2.21 bits per heavy atom. The summed E-state index contributed by atoms with van der Waals surface area (Å²) in [5.74, 6) is -1.18. The normalized spacial score (nSPS) is 10.3. The molecule has 0 aliphatic rings. The zero-order chi connectivity index (χ0) is 10.7. The summed E-state index contributed by atoms with van der Waals surface area (Å²) in [6.45, 7) is -0.909. The van der Waals surface area contributed by atoms with Gasteiger partial charge >= 0.3 is 0 Å². The smallest absolute Gasteiger partial charge is 0.265 e. The van der Waals surface area contributed by atoms with Crippen molar-refractivity contribution in [2.24, 2.45) is 0 Å². The Morgan fingerprint density at radius 3 is 2.64 bits per heavy atom. The molecule has 0 saturated heterocycles. The van der Waals surface area contributed by atoms with Crippen molar-refractivity contribution < 1.29 is 18.3 Å². The Kier molecular flexibility index (Phi) is 3.04. The monoisotopic (exact) mass is 202 g/mol. The molecular formula is C8H5F3N2O. The second-order valence-corrected chi connectivity index (χ2v) is 2.43. The zero-order valence-corrected chi connectivity index (χ0v) is 6.84. The molecule has 1 rings (SSSR count). The summed E-state index contributed by atoms with van der Waals surface area (Å²) in [7, 11) is 0. The molecule has 0 fully saturated rings. The summed E-state index contributed by atoms with van der Waals surface area (Å²) in [6.07, 6.45) is -2.29. The van der Waals surface area contributed by atoms with E-state index >= 15 is 0 Å². The topological polar surface area (TPSA) is 56.9 Å². The van der Waals surface area contributed by atoms with Gasteiger partial charge in [-0.2, -0.15) is 9.65 Å². The molecule has 0 aliphatic carbocycles. The lowest BCUT2D eigenvalue weighted by Crippen LogP contribution is -2.04. The van der Waals surface area contributed by atoms with Gasteiger partial charge in [-0.3, -0.25) is 0 Å². The number of alkyl halides is 2. The van der Waals surface area contributed by atoms with Gasteiger partial charge in [-0.05, 0) is 0 Å². The van der Waals surface area contributed by atoms with E-state index in [9.17, 15) is 13.2 Å². The minimum atomic E-state index is -3.01. The van der Waals surface area contributed by atoms with E-state index in [1.165, 1.54) is 6.07 Å². The number of nitriles is 1. The van der Waals surface area contributed by atoms with Crippen LogP contribution in [0.25, 0.3) is 0 Å². The predicted octanol–water partition coefficient (Wildman–Crippen LogP) is 1.52. The molecule has 0 atom stereocenters. The van der Waals surface area contributed by atoms with Crippen LogP contribution < -0.4 is 0 Å². The van der Waals surface area contributed by atoms with E-state index in [0.717, 1.165) is 6.20 Å². The highest BCUT2D eigenvalue weighted by molar-refractivity contribution is 5.41. The second kappa shape index (κ2) is 4.07. The standard InChI is InChI=1S/C8H5F3N2O/c9-7(10)6-4(1-12)2-13-8(11)5(6)3-14/h2,7,14H,3H2. The first kappa shape index (κ1) is 10.5. The highest BCUT2D eigenvalue weighted by Crippen LogP contribution is 2.27. The molecule has 14 heavy (non-hydrogen) atoms. The van der Waals surface area contributed by atoms with E-state index in [4.69, 9.17) is 10.4 Å². The molecule has 0 amide bonds. The summed E-state index contributed by atoms with van der Waals surface area (Å²) in [5.41, 5.74) is -1.84. The first-order valence-corrected chi connectivity index (χ1v) is 3.58. The highest BCUT2D eigenvalue weighted by atomic mass is 19.3. The van der Waals surface area contributed by atoms with E-state index in [-0.39, 0.29) is 0 Å². The molecule has 0 aromatic carbocycles. The SMILES string of the molecule is N#Cc1cnc(F)c(CO)c1C(F)F. The van der Waals surface area contributed by atoms with Crippen LogP contribution in [0.2, 0.25) is 0 Å². The first-order valence-electron chi connectivity index (χ1n) is 3.58. The Hall–Kier alpha value is -1.61. The number of aromatic nitrogens is 1. The molecule has 1 aromatic rings. The quantitative estimate of drug-likeness (QED) is 0.739. The summed E-state index contributed by atoms with van der Waals surface area (Å²) in [4.78, 5) is 3.08. The Labute approximate surface area is 77.4 Å². The van der Waals surface area contributed by atoms with Crippen molar-refractivity contribution in [1.29, 1.82) is 5.26 Å². The van der Waals surface area contributed by atoms with Crippen molar-refractivity contribution in [1.82, 2.24) is 4.98 Å². The molecule has 0 bridgehead atoms. The summed E-state index contributed by atoms with van der Waals surface area (Å²) >= 11 is 0. The Morgan fingerprint density at radius 1 is 1.57 bits per heavy atom. The molecule has 0 spiro atoms. The minimum Gasteiger partial charge on any atom is -0.391 e. The third-order valence-electron chi connectivity index (χ3n) is 1.67. The number of hydrogen-bond donors (Lipinski definition) is 1. The average molecular weight is 202 g/mol. The number of aliphatic hydroxyl groups is 1. The van der Waals surface area contributed by atoms with E-state index in [1.807, 2.05) is 0 Å². The summed E-state index contributed by atoms with van der Waals surface area (Å²) in [6, 6.07) is 1.46. The van der Waals surface area contributed by atoms with E-state index in [0.29, 0.717) is 0 Å². The molecule has 3 nitrogen and oxygen atoms in total. The van der Waals surface area contributed by atoms with Crippen molar-refractivity contribution in [2.75, 3.05) is 0 Å². The highest BCUT2D eigenvalue weighted by Gasteiger charge is 2.21. The van der Waals surface area contributed by atoms with Gasteiger partial charge in [0.1, 0.15) is 6.07 Å². The Bertz CT molecular complexity index is 387. The number of hydrogen-bond acceptors (Lipinski definition) is 3. The van der Waals surface area contributed by atoms with Crippen molar-refractivity contribution in [3.8, 4) is 6.07 Å². The average Bonchev–Trinajstić information content (AvgIpc) is 2.17. The van der Waals surface area contributed by atoms with Crippen molar-refractivity contribution in [3.05, 3.63) is 28.8 Å². The van der Waals surface area contributed by atoms with E-state index in [1.54, 1.807) is 0 Å². The van der Waals surface area contributed by atoms with E-state index in [2.05, 4.69) is 4.98 Å². The molecule has 0 unspecified atom stereocenters. The van der Waals surface area contributed by atoms with Gasteiger partial charge in [0.25, 0.3) is 6.43 Å². The molecular weight excluding hydrogens is 197 g/mol. The minimum absolute atomic E-state index is 0.426. The van der Waals surface area contributed by atoms with E-state index < -0.39 is 35.7 Å². The van der Waals surface area contributed by atoms with Gasteiger partial charge in [0.15, 0.2) is 0 Å². The van der Waals surface area contributed by atoms with Gasteiger partial charge < -0.3 is 5.11 Å². The maximum absolute atomic E-state index is 12.8. The number of pyridine rings is 1. The van der Waals surface area contributed by atoms with Gasteiger partial charge in [0.2, 0.25) is 5.95 Å². The van der Waals surface area contributed by atoms with Gasteiger partial charge in [0, 0.05) is 17.3 Å². The number of rotatable bonds is 2. The fourth-order valence-corrected chi connectivity index (χ4v) is 1.03. The van der Waals surface area contributed by atoms with Gasteiger partial charge in [-0.1, -0.05) is 0 Å². The summed E-state index contributed by atoms with van der Waals surface area (Å²) < 4.78 is 37.6. The maximum atomic E-state index is 12.8. The largest absolute Gasteiger partial charge is 0.391 e. The third kappa shape index (κ3) is 1.67. The van der Waals surface area contributed by atoms with Crippen molar-refractivity contribution in [2.45, 2.75) is 13.0 Å². The van der Waals surface area contributed by atoms with Crippen LogP contribution in [0.5, 0.6) is 0 Å². The predicted molar refractivity (Wildman–Crippen MR) is 39.8 cm³/mol. The fourth-order valence-electron chi connectivity index (χ4n) is 1.03. The zero-order valence-electron chi connectivity index (χ0n) is 6.84. The second-order valence-electron chi connectivity index (χ2n) is 2.43. The van der Waals surface area contributed by atoms with Crippen LogP contribution in [-0.4, -0.2) is 10.1 Å². The van der Waals surface area contributed by atoms with Crippen LogP contribution in [0.15, 0.2) is 6.20 Å². The molecule has 0 saturated carbocycles. The number of aliphatic hydroxyl groups excluding tert-OH is 1. The van der Waals surface area contributed by atoms with Crippen LogP contribution in [0.4, 0.5) is 13.2 Å². The molecule has 0 aliphatic heterocycles. The van der Waals surface area contributed by atoms with Crippen LogP contribution >= 0.6 is 0 Å². The van der Waals surface area contributed by atoms with Crippen molar-refractivity contribution >= 4 is 0 Å². The lowest BCUT2D eigenvalue weighted by Gasteiger charge is -2.07. The molecule has 1 N–H and O–H groups in total. The van der Waals surface area contributed by atoms with Gasteiger partial charge in [-0.25, -0.2) is 13.8 Å². The fraction of sp³-hybridized carbons (Fsp3) is 0.250. The Balaban J connectivity index is 3.46. The number of nitrogens with zero attached hydrogens (tertiary/aromatic N) is 2. The van der Waals surface area contributed by atoms with Crippen LogP contribution in [0, 0.1) is 17.3 Å². The molecule has 0 radical (unpaired) electrons. The third-order valence-corrected chi connectivity index (χ3v) is 1.67. The van der Waals surface area contributed by atoms with Crippen LogP contribution in [-0.2, 0) is 6.61 Å². The van der Waals surface area contributed by atoms with Gasteiger partial charge in [0.05, 0.1) is 12.2 Å². The van der Waals surface area contributed by atoms with Gasteiger partial charge in [-0.15, -0.1) is 0 Å². The first-order chi connectivity index (χ1) is 6.61. The van der Waals surface area contributed by atoms with Crippen LogP contribution in [0.3, 0.4) is 0 Å².